The number of aliphatic hydroxyl groups excluding tert-OH is 2. The molecule has 0 radical (unpaired) electrons. The summed E-state index contributed by atoms with van der Waals surface area (Å²) in [6, 6.07) is 26.9. The second-order valence-corrected chi connectivity index (χ2v) is 22.0. The highest BCUT2D eigenvalue weighted by Crippen LogP contribution is 2.44. The molecule has 7 N–H and O–H groups in total. The van der Waals surface area contributed by atoms with Gasteiger partial charge in [-0.3, -0.25) is 19.6 Å². The molecule has 3 aliphatic rings. The van der Waals surface area contributed by atoms with Gasteiger partial charge in [0.25, 0.3) is 0 Å². The van der Waals surface area contributed by atoms with Crippen molar-refractivity contribution >= 4 is 36.0 Å². The first-order valence-electron chi connectivity index (χ1n) is 27.2. The number of halogens is 2. The number of carboxylic acid groups (broad SMARTS) is 1. The van der Waals surface area contributed by atoms with Gasteiger partial charge in [-0.1, -0.05) is 125 Å². The number of urea groups is 2. The smallest absolute Gasteiger partial charge is 0.315 e. The van der Waals surface area contributed by atoms with Gasteiger partial charge in [-0.2, -0.15) is 0 Å². The minimum atomic E-state index is -1.21. The number of carbonyl (C=O) groups excluding carboxylic acids is 3. The average Bonchev–Trinajstić information content (AvgIpc) is 3.98. The van der Waals surface area contributed by atoms with Crippen molar-refractivity contribution in [3.63, 3.8) is 0 Å². The largest absolute Gasteiger partial charge is 0.481 e. The molecule has 4 aromatic carbocycles. The molecule has 2 aromatic heterocycles. The summed E-state index contributed by atoms with van der Waals surface area (Å²) < 4.78 is 40.3. The number of amides is 4. The molecule has 81 heavy (non-hydrogen) atoms. The van der Waals surface area contributed by atoms with Crippen LogP contribution in [0.25, 0.3) is 56.9 Å². The van der Waals surface area contributed by atoms with Gasteiger partial charge in [0, 0.05) is 65.7 Å². The van der Waals surface area contributed by atoms with E-state index in [0.717, 1.165) is 72.7 Å². The molecule has 0 aliphatic carbocycles. The van der Waals surface area contributed by atoms with Crippen LogP contribution in [0.1, 0.15) is 131 Å². The highest BCUT2D eigenvalue weighted by Gasteiger charge is 2.36. The normalized spacial score (nSPS) is 17.3. The highest BCUT2D eigenvalue weighted by molar-refractivity contribution is 5.89. The van der Waals surface area contributed by atoms with Gasteiger partial charge < -0.3 is 46.1 Å². The van der Waals surface area contributed by atoms with Crippen molar-refractivity contribution in [3.05, 3.63) is 166 Å². The first kappa shape index (κ1) is 59.2. The number of hydrogen-bond donors (Lipinski definition) is 5. The Morgan fingerprint density at radius 2 is 1.15 bits per heavy atom. The van der Waals surface area contributed by atoms with E-state index in [1.807, 2.05) is 88.4 Å². The van der Waals surface area contributed by atoms with Crippen molar-refractivity contribution in [1.82, 2.24) is 19.8 Å². The Hall–Kier alpha value is -7.96. The number of carboxylic acids is 1. The number of ketones is 1. The fourth-order valence-corrected chi connectivity index (χ4v) is 10.9. The number of nitrogens with zero attached hydrogens (tertiary/aromatic N) is 4. The molecule has 4 atom stereocenters. The van der Waals surface area contributed by atoms with Crippen LogP contribution >= 0.6 is 0 Å². The van der Waals surface area contributed by atoms with Crippen molar-refractivity contribution < 1.29 is 52.8 Å². The van der Waals surface area contributed by atoms with E-state index in [0.29, 0.717) is 42.8 Å². The van der Waals surface area contributed by atoms with Crippen molar-refractivity contribution in [2.24, 2.45) is 11.5 Å². The summed E-state index contributed by atoms with van der Waals surface area (Å²) in [6.45, 7) is 14.5. The predicted octanol–water partition coefficient (Wildman–Crippen LogP) is 11.6. The van der Waals surface area contributed by atoms with Crippen LogP contribution in [0.3, 0.4) is 0 Å². The van der Waals surface area contributed by atoms with Crippen LogP contribution in [0, 0.1) is 11.6 Å². The molecule has 0 unspecified atom stereocenters. The van der Waals surface area contributed by atoms with Gasteiger partial charge in [0.1, 0.15) is 17.4 Å². The lowest BCUT2D eigenvalue weighted by atomic mass is 9.87. The quantitative estimate of drug-likeness (QED) is 0.0688. The van der Waals surface area contributed by atoms with Crippen LogP contribution in [0.4, 0.5) is 18.4 Å². The fourth-order valence-electron chi connectivity index (χ4n) is 10.9. The number of ether oxygens (including phenoxy) is 2. The molecule has 5 heterocycles. The molecule has 6 aromatic rings. The number of aliphatic hydroxyl groups is 2. The maximum absolute atomic E-state index is 14.1. The molecule has 1 saturated heterocycles. The number of aromatic nitrogens is 2. The number of fused-ring (bicyclic) bond motifs is 6. The molecule has 1 fully saturated rings. The van der Waals surface area contributed by atoms with Crippen LogP contribution in [0.15, 0.2) is 109 Å². The molecule has 0 spiro atoms. The Labute approximate surface area is 470 Å². The van der Waals surface area contributed by atoms with Crippen LogP contribution in [0.2, 0.25) is 0 Å². The van der Waals surface area contributed by atoms with E-state index in [9.17, 15) is 38.2 Å². The van der Waals surface area contributed by atoms with Crippen LogP contribution in [0.5, 0.6) is 0 Å². The van der Waals surface area contributed by atoms with Gasteiger partial charge in [0.15, 0.2) is 5.79 Å². The van der Waals surface area contributed by atoms with Crippen molar-refractivity contribution in [1.29, 1.82) is 0 Å². The average molecular weight is 1110 g/mol. The summed E-state index contributed by atoms with van der Waals surface area (Å²) in [5.41, 5.74) is 24.6. The Bertz CT molecular complexity index is 3380. The van der Waals surface area contributed by atoms with Crippen LogP contribution < -0.4 is 11.5 Å². The van der Waals surface area contributed by atoms with Gasteiger partial charge in [-0.25, -0.2) is 18.4 Å². The third-order valence-corrected chi connectivity index (χ3v) is 14.5. The molecule has 9 rings (SSSR count). The maximum atomic E-state index is 14.1. The number of aliphatic carboxylic acids is 1. The molecule has 0 bridgehead atoms. The fraction of sp³-hybridized carbons (Fsp3) is 0.344. The van der Waals surface area contributed by atoms with E-state index in [1.54, 1.807) is 42.2 Å². The zero-order valence-corrected chi connectivity index (χ0v) is 46.7. The Balaban J connectivity index is 0.000000213. The molecule has 3 aliphatic heterocycles. The van der Waals surface area contributed by atoms with Crippen molar-refractivity contribution in [2.75, 3.05) is 0 Å². The maximum Gasteiger partial charge on any atom is 0.315 e. The standard InChI is InChI=1S/C34H38FN3O4.C30H32FN3O5/c1-20(2)31-28(15-14-25-17-26(16-21(3)39)42-34(4,5)41-25)30(22-10-12-24(35)13-11-22)29-19-38(33(36)40)18-23-8-6-7-9-27(23)32(29)37-31;1-17(2)28-24(12-11-21(35)13-22(36)14-26(37)38)27(18-7-9-20(31)10-8-18)25-16-34(30(32)39)15-19-5-3-4-6-23(19)29(25)33-28/h6-15,20,25-26H,16-19H2,1-5H3,(H2,36,40);3-12,17,21-22,35-36H,13-16H2,1-2H3,(H2,32,39)(H,37,38)/b15-14+;12-11+/t25-,26+;21-,22-/m11/s1. The molecule has 4 amide bonds. The second-order valence-electron chi connectivity index (χ2n) is 22.0. The lowest BCUT2D eigenvalue weighted by molar-refractivity contribution is -0.289. The monoisotopic (exact) mass is 1100 g/mol. The van der Waals surface area contributed by atoms with E-state index in [2.05, 4.69) is 13.8 Å². The summed E-state index contributed by atoms with van der Waals surface area (Å²) in [5, 5.41) is 29.5. The summed E-state index contributed by atoms with van der Waals surface area (Å²) in [7, 11) is 0. The van der Waals surface area contributed by atoms with Gasteiger partial charge in [-0.05, 0) is 90.3 Å². The van der Waals surface area contributed by atoms with Gasteiger partial charge >= 0.3 is 18.0 Å². The number of carbonyl (C=O) groups is 4. The molecular formula is C64H70F2N6O9. The lowest BCUT2D eigenvalue weighted by Crippen LogP contribution is -2.44. The lowest BCUT2D eigenvalue weighted by Gasteiger charge is -2.39. The number of primary amides is 2. The number of pyridine rings is 2. The Morgan fingerprint density at radius 1 is 0.691 bits per heavy atom. The molecular weight excluding hydrogens is 1030 g/mol. The molecule has 424 valence electrons. The number of rotatable bonds is 14. The minimum absolute atomic E-state index is 0.0495. The van der Waals surface area contributed by atoms with E-state index in [1.165, 1.54) is 35.2 Å². The molecule has 15 nitrogen and oxygen atoms in total. The molecule has 17 heteroatoms. The van der Waals surface area contributed by atoms with Crippen LogP contribution in [-0.2, 0) is 45.2 Å². The first-order chi connectivity index (χ1) is 38.5. The van der Waals surface area contributed by atoms with Crippen molar-refractivity contribution in [3.8, 4) is 44.8 Å². The SMILES string of the molecule is CC(=O)C[C@H]1C[C@@H](/C=C/c2c(C(C)C)nc3c(c2-c2ccc(F)cc2)CN(C(N)=O)Cc2ccccc2-3)OC(C)(C)O1.CC(C)c1nc2c(c(-c3ccc(F)cc3)c1/C=C/[C@@H](O)C[C@@H](O)CC(=O)O)CN(C(N)=O)Cc1ccccc1-2. The van der Waals surface area contributed by atoms with Gasteiger partial charge in [0.2, 0.25) is 0 Å². The number of Topliss-reactive ketones (excluding diaryl/α,β-unsaturated/α-hetero) is 1. The summed E-state index contributed by atoms with van der Waals surface area (Å²) >= 11 is 0. The number of nitrogens with two attached hydrogens (primary N) is 2. The highest BCUT2D eigenvalue weighted by atomic mass is 19.1. The Kier molecular flexibility index (Phi) is 18.4. The summed E-state index contributed by atoms with van der Waals surface area (Å²) in [6.07, 6.45) is 4.51. The zero-order valence-electron chi connectivity index (χ0n) is 46.7. The van der Waals surface area contributed by atoms with E-state index >= 15 is 0 Å². The number of benzene rings is 4. The van der Waals surface area contributed by atoms with Crippen molar-refractivity contribution in [2.45, 2.75) is 142 Å². The van der Waals surface area contributed by atoms with Gasteiger partial charge in [-0.15, -0.1) is 0 Å². The van der Waals surface area contributed by atoms with Gasteiger partial charge in [0.05, 0.1) is 66.7 Å². The van der Waals surface area contributed by atoms with E-state index in [-0.39, 0.29) is 55.2 Å². The number of hydrogen-bond acceptors (Lipinski definition) is 10. The second kappa shape index (κ2) is 25.2. The van der Waals surface area contributed by atoms with Crippen LogP contribution in [-0.4, -0.2) is 89.1 Å². The third kappa shape index (κ3) is 14.1. The summed E-state index contributed by atoms with van der Waals surface area (Å²) in [4.78, 5) is 61.3. The Morgan fingerprint density at radius 3 is 1.58 bits per heavy atom. The minimum Gasteiger partial charge on any atom is -0.481 e. The topological polar surface area (TPSA) is 232 Å². The first-order valence-corrected chi connectivity index (χ1v) is 27.2. The predicted molar refractivity (Wildman–Crippen MR) is 307 cm³/mol. The van der Waals surface area contributed by atoms with E-state index < -0.39 is 48.3 Å². The third-order valence-electron chi connectivity index (χ3n) is 14.5. The summed E-state index contributed by atoms with van der Waals surface area (Å²) in [5.74, 6) is -2.68. The zero-order chi connectivity index (χ0) is 58.4. The molecule has 0 saturated carbocycles. The van der Waals surface area contributed by atoms with E-state index in [4.69, 9.17) is 36.0 Å².